The lowest BCUT2D eigenvalue weighted by Crippen LogP contribution is -2.26. The molecule has 5 heteroatoms. The van der Waals surface area contributed by atoms with Crippen molar-refractivity contribution in [3.63, 3.8) is 0 Å². The molecule has 2 rings (SSSR count). The van der Waals surface area contributed by atoms with E-state index in [2.05, 4.69) is 21.7 Å². The summed E-state index contributed by atoms with van der Waals surface area (Å²) in [7, 11) is 0. The standard InChI is InChI=1S/C15H19ClN2OS/c1-10-7-12(3-4-13(10)16)14-9-20-15(18-14)5-6-17-8-11(2)19/h3-4,7,9,11,17,19H,5-6,8H2,1-2H3. The Morgan fingerprint density at radius 1 is 1.45 bits per heavy atom. The fourth-order valence-corrected chi connectivity index (χ4v) is 2.79. The monoisotopic (exact) mass is 310 g/mol. The van der Waals surface area contributed by atoms with E-state index < -0.39 is 0 Å². The van der Waals surface area contributed by atoms with Gasteiger partial charge in [0.15, 0.2) is 0 Å². The molecule has 108 valence electrons. The van der Waals surface area contributed by atoms with E-state index in [-0.39, 0.29) is 6.10 Å². The Balaban J connectivity index is 1.96. The second-order valence-electron chi connectivity index (χ2n) is 4.89. The molecule has 1 aromatic heterocycles. The van der Waals surface area contributed by atoms with Crippen molar-refractivity contribution < 1.29 is 5.11 Å². The van der Waals surface area contributed by atoms with Crippen molar-refractivity contribution in [2.45, 2.75) is 26.4 Å². The minimum atomic E-state index is -0.307. The molecule has 1 aromatic carbocycles. The first-order valence-electron chi connectivity index (χ1n) is 6.66. The van der Waals surface area contributed by atoms with E-state index in [9.17, 15) is 0 Å². The maximum atomic E-state index is 9.16. The van der Waals surface area contributed by atoms with Gasteiger partial charge in [-0.05, 0) is 31.5 Å². The zero-order chi connectivity index (χ0) is 14.5. The Morgan fingerprint density at radius 2 is 2.25 bits per heavy atom. The van der Waals surface area contributed by atoms with Crippen LogP contribution < -0.4 is 5.32 Å². The van der Waals surface area contributed by atoms with E-state index in [1.165, 1.54) is 0 Å². The van der Waals surface area contributed by atoms with Crippen LogP contribution in [0.1, 0.15) is 17.5 Å². The molecule has 0 saturated heterocycles. The zero-order valence-corrected chi connectivity index (χ0v) is 13.3. The predicted molar refractivity (Wildman–Crippen MR) is 85.6 cm³/mol. The van der Waals surface area contributed by atoms with Gasteiger partial charge in [0.25, 0.3) is 0 Å². The quantitative estimate of drug-likeness (QED) is 0.805. The molecule has 0 aliphatic rings. The van der Waals surface area contributed by atoms with Crippen molar-refractivity contribution in [1.82, 2.24) is 10.3 Å². The summed E-state index contributed by atoms with van der Waals surface area (Å²) in [5, 5.41) is 16.3. The third-order valence-corrected chi connectivity index (χ3v) is 4.29. The number of nitrogens with one attached hydrogen (secondary N) is 1. The van der Waals surface area contributed by atoms with Crippen LogP contribution in [0.4, 0.5) is 0 Å². The van der Waals surface area contributed by atoms with Gasteiger partial charge in [0, 0.05) is 35.5 Å². The molecular formula is C15H19ClN2OS. The van der Waals surface area contributed by atoms with Gasteiger partial charge in [-0.1, -0.05) is 17.7 Å². The third kappa shape index (κ3) is 4.28. The van der Waals surface area contributed by atoms with Crippen molar-refractivity contribution in [2.24, 2.45) is 0 Å². The number of hydrogen-bond acceptors (Lipinski definition) is 4. The second-order valence-corrected chi connectivity index (χ2v) is 6.24. The summed E-state index contributed by atoms with van der Waals surface area (Å²) in [5.74, 6) is 0. The fourth-order valence-electron chi connectivity index (χ4n) is 1.87. The summed E-state index contributed by atoms with van der Waals surface area (Å²) in [6.45, 7) is 5.22. The van der Waals surface area contributed by atoms with Crippen LogP contribution >= 0.6 is 22.9 Å². The highest BCUT2D eigenvalue weighted by atomic mass is 35.5. The first kappa shape index (κ1) is 15.4. The van der Waals surface area contributed by atoms with Crippen molar-refractivity contribution >= 4 is 22.9 Å². The van der Waals surface area contributed by atoms with E-state index in [1.54, 1.807) is 18.3 Å². The second kappa shape index (κ2) is 7.18. The van der Waals surface area contributed by atoms with Crippen LogP contribution in [0, 0.1) is 6.92 Å². The highest BCUT2D eigenvalue weighted by Crippen LogP contribution is 2.26. The van der Waals surface area contributed by atoms with Crippen molar-refractivity contribution in [3.05, 3.63) is 39.2 Å². The number of aliphatic hydroxyl groups excluding tert-OH is 1. The number of aromatic nitrogens is 1. The number of rotatable bonds is 6. The van der Waals surface area contributed by atoms with E-state index in [4.69, 9.17) is 16.7 Å². The summed E-state index contributed by atoms with van der Waals surface area (Å²) in [4.78, 5) is 4.64. The van der Waals surface area contributed by atoms with Gasteiger partial charge in [-0.15, -0.1) is 11.3 Å². The fraction of sp³-hybridized carbons (Fsp3) is 0.400. The van der Waals surface area contributed by atoms with Crippen LogP contribution in [-0.2, 0) is 6.42 Å². The van der Waals surface area contributed by atoms with Crippen LogP contribution in [0.25, 0.3) is 11.3 Å². The molecule has 0 bridgehead atoms. The summed E-state index contributed by atoms with van der Waals surface area (Å²) in [6.07, 6.45) is 0.572. The Hall–Kier alpha value is -0.940. The predicted octanol–water partition coefficient (Wildman–Crippen LogP) is 3.28. The van der Waals surface area contributed by atoms with E-state index in [1.807, 2.05) is 19.1 Å². The Labute approximate surface area is 128 Å². The SMILES string of the molecule is Cc1cc(-c2csc(CCNCC(C)O)n2)ccc1Cl. The maximum Gasteiger partial charge on any atom is 0.0945 e. The van der Waals surface area contributed by atoms with E-state index in [0.29, 0.717) is 6.54 Å². The average Bonchev–Trinajstić information content (AvgIpc) is 2.86. The number of hydrogen-bond donors (Lipinski definition) is 2. The number of thiazole rings is 1. The molecule has 0 fully saturated rings. The van der Waals surface area contributed by atoms with Gasteiger partial charge in [0.05, 0.1) is 16.8 Å². The Bertz CT molecular complexity index is 569. The van der Waals surface area contributed by atoms with Gasteiger partial charge in [0.2, 0.25) is 0 Å². The smallest absolute Gasteiger partial charge is 0.0945 e. The molecule has 1 heterocycles. The Morgan fingerprint density at radius 3 is 2.95 bits per heavy atom. The van der Waals surface area contributed by atoms with Crippen molar-refractivity contribution in [2.75, 3.05) is 13.1 Å². The lowest BCUT2D eigenvalue weighted by molar-refractivity contribution is 0.191. The van der Waals surface area contributed by atoms with E-state index >= 15 is 0 Å². The number of nitrogens with zero attached hydrogens (tertiary/aromatic N) is 1. The third-order valence-electron chi connectivity index (χ3n) is 2.96. The molecule has 1 unspecified atom stereocenters. The average molecular weight is 311 g/mol. The van der Waals surface area contributed by atoms with Gasteiger partial charge in [0.1, 0.15) is 0 Å². The van der Waals surface area contributed by atoms with Gasteiger partial charge >= 0.3 is 0 Å². The van der Waals surface area contributed by atoms with Crippen molar-refractivity contribution in [3.8, 4) is 11.3 Å². The molecule has 2 aromatic rings. The molecule has 20 heavy (non-hydrogen) atoms. The maximum absolute atomic E-state index is 9.16. The minimum absolute atomic E-state index is 0.307. The summed E-state index contributed by atoms with van der Waals surface area (Å²) in [5.41, 5.74) is 3.17. The van der Waals surface area contributed by atoms with Crippen molar-refractivity contribution in [1.29, 1.82) is 0 Å². The van der Waals surface area contributed by atoms with E-state index in [0.717, 1.165) is 39.8 Å². The molecule has 0 saturated carbocycles. The number of benzene rings is 1. The topological polar surface area (TPSA) is 45.1 Å². The highest BCUT2D eigenvalue weighted by Gasteiger charge is 2.06. The molecular weight excluding hydrogens is 292 g/mol. The Kier molecular flexibility index (Phi) is 5.54. The summed E-state index contributed by atoms with van der Waals surface area (Å²) < 4.78 is 0. The van der Waals surface area contributed by atoms with Crippen LogP contribution in [-0.4, -0.2) is 29.3 Å². The van der Waals surface area contributed by atoms with Crippen LogP contribution in [0.15, 0.2) is 23.6 Å². The largest absolute Gasteiger partial charge is 0.392 e. The molecule has 1 atom stereocenters. The van der Waals surface area contributed by atoms with Gasteiger partial charge in [-0.2, -0.15) is 0 Å². The number of aryl methyl sites for hydroxylation is 1. The lowest BCUT2D eigenvalue weighted by atomic mass is 10.1. The summed E-state index contributed by atoms with van der Waals surface area (Å²) >= 11 is 7.70. The molecule has 0 spiro atoms. The van der Waals surface area contributed by atoms with Crippen LogP contribution in [0.2, 0.25) is 5.02 Å². The molecule has 0 amide bonds. The number of halogens is 1. The molecule has 0 aliphatic carbocycles. The highest BCUT2D eigenvalue weighted by molar-refractivity contribution is 7.09. The molecule has 3 nitrogen and oxygen atoms in total. The minimum Gasteiger partial charge on any atom is -0.392 e. The first-order valence-corrected chi connectivity index (χ1v) is 7.91. The molecule has 2 N–H and O–H groups in total. The zero-order valence-electron chi connectivity index (χ0n) is 11.7. The number of aliphatic hydroxyl groups is 1. The van der Waals surface area contributed by atoms with Crippen LogP contribution in [0.5, 0.6) is 0 Å². The molecule has 0 aliphatic heterocycles. The normalized spacial score (nSPS) is 12.6. The van der Waals surface area contributed by atoms with Gasteiger partial charge < -0.3 is 10.4 Å². The molecule has 0 radical (unpaired) electrons. The van der Waals surface area contributed by atoms with Crippen LogP contribution in [0.3, 0.4) is 0 Å². The van der Waals surface area contributed by atoms with Gasteiger partial charge in [-0.3, -0.25) is 0 Å². The lowest BCUT2D eigenvalue weighted by Gasteiger charge is -2.05. The first-order chi connectivity index (χ1) is 9.56. The van der Waals surface area contributed by atoms with Gasteiger partial charge in [-0.25, -0.2) is 4.98 Å². The summed E-state index contributed by atoms with van der Waals surface area (Å²) in [6, 6.07) is 5.97.